The number of nitro groups is 1. The van der Waals surface area contributed by atoms with E-state index >= 15 is 0 Å². The monoisotopic (exact) mass is 393 g/mol. The predicted octanol–water partition coefficient (Wildman–Crippen LogP) is 2.50. The maximum Gasteiger partial charge on any atom is 0.270 e. The molecule has 0 aliphatic heterocycles. The number of amides is 1. The van der Waals surface area contributed by atoms with E-state index in [-0.39, 0.29) is 34.2 Å². The molecule has 0 unspecified atom stereocenters. The van der Waals surface area contributed by atoms with Gasteiger partial charge in [0.25, 0.3) is 11.6 Å². The van der Waals surface area contributed by atoms with Crippen LogP contribution in [0.15, 0.2) is 47.4 Å². The van der Waals surface area contributed by atoms with E-state index in [9.17, 15) is 23.3 Å². The lowest BCUT2D eigenvalue weighted by atomic mass is 10.2. The van der Waals surface area contributed by atoms with Crippen LogP contribution in [0.5, 0.6) is 5.75 Å². The summed E-state index contributed by atoms with van der Waals surface area (Å²) in [5.41, 5.74) is 0.0794. The number of sulfonamides is 1. The summed E-state index contributed by atoms with van der Waals surface area (Å²) >= 11 is 0. The SMILES string of the molecule is CCOc1ccc(NC(=O)c2cccc([N+](=O)[O-])c2)cc1S(=O)(=O)N(C)C. The fourth-order valence-electron chi connectivity index (χ4n) is 2.22. The van der Waals surface area contributed by atoms with Crippen molar-refractivity contribution < 1.29 is 22.9 Å². The van der Waals surface area contributed by atoms with Crippen LogP contribution in [0.4, 0.5) is 11.4 Å². The molecule has 0 saturated carbocycles. The second-order valence-corrected chi connectivity index (χ2v) is 7.76. The van der Waals surface area contributed by atoms with Crippen LogP contribution in [0.2, 0.25) is 0 Å². The first-order chi connectivity index (χ1) is 12.7. The van der Waals surface area contributed by atoms with Crippen molar-refractivity contribution in [3.63, 3.8) is 0 Å². The first-order valence-corrected chi connectivity index (χ1v) is 9.36. The standard InChI is InChI=1S/C17H19N3O6S/c1-4-26-15-9-8-13(11-16(15)27(24,25)19(2)3)18-17(21)12-6-5-7-14(10-12)20(22)23/h5-11H,4H2,1-3H3,(H,18,21). The van der Waals surface area contributed by atoms with Gasteiger partial charge >= 0.3 is 0 Å². The fourth-order valence-corrected chi connectivity index (χ4v) is 3.27. The summed E-state index contributed by atoms with van der Waals surface area (Å²) in [5, 5.41) is 13.4. The molecule has 0 heterocycles. The summed E-state index contributed by atoms with van der Waals surface area (Å²) in [4.78, 5) is 22.5. The molecular weight excluding hydrogens is 374 g/mol. The Labute approximate surface area is 156 Å². The molecule has 0 atom stereocenters. The third-order valence-corrected chi connectivity index (χ3v) is 5.42. The van der Waals surface area contributed by atoms with Gasteiger partial charge in [0, 0.05) is 37.5 Å². The van der Waals surface area contributed by atoms with Gasteiger partial charge in [0.15, 0.2) is 0 Å². The van der Waals surface area contributed by atoms with Crippen molar-refractivity contribution in [2.45, 2.75) is 11.8 Å². The van der Waals surface area contributed by atoms with E-state index in [1.165, 1.54) is 50.5 Å². The van der Waals surface area contributed by atoms with Crippen LogP contribution < -0.4 is 10.1 Å². The Hall–Kier alpha value is -2.98. The largest absolute Gasteiger partial charge is 0.492 e. The smallest absolute Gasteiger partial charge is 0.270 e. The van der Waals surface area contributed by atoms with Gasteiger partial charge < -0.3 is 10.1 Å². The van der Waals surface area contributed by atoms with Crippen molar-refractivity contribution in [1.82, 2.24) is 4.31 Å². The van der Waals surface area contributed by atoms with Crippen LogP contribution in [0.25, 0.3) is 0 Å². The van der Waals surface area contributed by atoms with Crippen LogP contribution in [0, 0.1) is 10.1 Å². The van der Waals surface area contributed by atoms with Crippen molar-refractivity contribution in [3.8, 4) is 5.75 Å². The van der Waals surface area contributed by atoms with Crippen LogP contribution in [0.3, 0.4) is 0 Å². The van der Waals surface area contributed by atoms with E-state index in [2.05, 4.69) is 5.32 Å². The highest BCUT2D eigenvalue weighted by Crippen LogP contribution is 2.29. The van der Waals surface area contributed by atoms with Crippen molar-refractivity contribution in [2.75, 3.05) is 26.0 Å². The first kappa shape index (κ1) is 20.3. The molecular formula is C17H19N3O6S. The molecule has 0 spiro atoms. The molecule has 27 heavy (non-hydrogen) atoms. The van der Waals surface area contributed by atoms with E-state index in [1.54, 1.807) is 6.92 Å². The van der Waals surface area contributed by atoms with Gasteiger partial charge in [-0.25, -0.2) is 12.7 Å². The van der Waals surface area contributed by atoms with E-state index in [0.717, 1.165) is 10.4 Å². The second kappa shape index (κ2) is 8.14. The fraction of sp³-hybridized carbons (Fsp3) is 0.235. The number of anilines is 1. The Morgan fingerprint density at radius 1 is 1.22 bits per heavy atom. The summed E-state index contributed by atoms with van der Waals surface area (Å²) in [6.07, 6.45) is 0. The van der Waals surface area contributed by atoms with Gasteiger partial charge in [-0.2, -0.15) is 0 Å². The number of ether oxygens (including phenoxy) is 1. The minimum Gasteiger partial charge on any atom is -0.492 e. The van der Waals surface area contributed by atoms with Gasteiger partial charge in [0.05, 0.1) is 11.5 Å². The van der Waals surface area contributed by atoms with Crippen molar-refractivity contribution in [3.05, 3.63) is 58.1 Å². The molecule has 1 N–H and O–H groups in total. The Balaban J connectivity index is 2.38. The molecule has 2 rings (SSSR count). The van der Waals surface area contributed by atoms with Gasteiger partial charge in [-0.05, 0) is 31.2 Å². The Bertz CT molecular complexity index is 972. The molecule has 0 bridgehead atoms. The number of benzene rings is 2. The lowest BCUT2D eigenvalue weighted by Gasteiger charge is -2.16. The number of carbonyl (C=O) groups excluding carboxylic acids is 1. The highest BCUT2D eigenvalue weighted by molar-refractivity contribution is 7.89. The molecule has 2 aromatic carbocycles. The maximum atomic E-state index is 12.5. The molecule has 2 aromatic rings. The highest BCUT2D eigenvalue weighted by atomic mass is 32.2. The maximum absolute atomic E-state index is 12.5. The van der Waals surface area contributed by atoms with Gasteiger partial charge in [0.2, 0.25) is 10.0 Å². The van der Waals surface area contributed by atoms with Crippen LogP contribution >= 0.6 is 0 Å². The summed E-state index contributed by atoms with van der Waals surface area (Å²) in [5.74, 6) is -0.435. The quantitative estimate of drug-likeness (QED) is 0.570. The number of nitro benzene ring substituents is 1. The van der Waals surface area contributed by atoms with Gasteiger partial charge in [0.1, 0.15) is 10.6 Å². The zero-order valence-electron chi connectivity index (χ0n) is 15.0. The molecule has 0 aliphatic carbocycles. The zero-order chi connectivity index (χ0) is 20.2. The minimum atomic E-state index is -3.80. The average molecular weight is 393 g/mol. The molecule has 0 saturated heterocycles. The van der Waals surface area contributed by atoms with Crippen molar-refractivity contribution in [1.29, 1.82) is 0 Å². The molecule has 0 fully saturated rings. The molecule has 144 valence electrons. The summed E-state index contributed by atoms with van der Waals surface area (Å²) < 4.78 is 31.4. The predicted molar refractivity (Wildman–Crippen MR) is 99.5 cm³/mol. The highest BCUT2D eigenvalue weighted by Gasteiger charge is 2.23. The number of nitrogens with zero attached hydrogens (tertiary/aromatic N) is 2. The van der Waals surface area contributed by atoms with Crippen molar-refractivity contribution in [2.24, 2.45) is 0 Å². The van der Waals surface area contributed by atoms with Crippen LogP contribution in [-0.2, 0) is 10.0 Å². The Morgan fingerprint density at radius 3 is 2.52 bits per heavy atom. The first-order valence-electron chi connectivity index (χ1n) is 7.92. The minimum absolute atomic E-state index is 0.0788. The topological polar surface area (TPSA) is 119 Å². The Morgan fingerprint density at radius 2 is 1.93 bits per heavy atom. The number of non-ortho nitro benzene ring substituents is 1. The third-order valence-electron chi connectivity index (χ3n) is 3.58. The lowest BCUT2D eigenvalue weighted by molar-refractivity contribution is -0.384. The zero-order valence-corrected chi connectivity index (χ0v) is 15.8. The van der Waals surface area contributed by atoms with E-state index < -0.39 is 20.9 Å². The number of hydrogen-bond donors (Lipinski definition) is 1. The summed E-state index contributed by atoms with van der Waals surface area (Å²) in [7, 11) is -1.03. The van der Waals surface area contributed by atoms with Gasteiger partial charge in [-0.3, -0.25) is 14.9 Å². The Kier molecular flexibility index (Phi) is 6.13. The normalized spacial score (nSPS) is 11.3. The van der Waals surface area contributed by atoms with Gasteiger partial charge in [-0.15, -0.1) is 0 Å². The number of rotatable bonds is 7. The number of carbonyl (C=O) groups is 1. The third kappa shape index (κ3) is 4.60. The average Bonchev–Trinajstić information content (AvgIpc) is 2.63. The second-order valence-electron chi connectivity index (χ2n) is 5.64. The number of hydrogen-bond acceptors (Lipinski definition) is 6. The molecule has 10 heteroatoms. The molecule has 0 aliphatic rings. The van der Waals surface area contributed by atoms with E-state index in [1.807, 2.05) is 0 Å². The number of nitrogens with one attached hydrogen (secondary N) is 1. The molecule has 1 amide bonds. The molecule has 0 aromatic heterocycles. The molecule has 0 radical (unpaired) electrons. The summed E-state index contributed by atoms with van der Waals surface area (Å²) in [6, 6.07) is 9.46. The van der Waals surface area contributed by atoms with Crippen LogP contribution in [0.1, 0.15) is 17.3 Å². The molecule has 9 nitrogen and oxygen atoms in total. The lowest BCUT2D eigenvalue weighted by Crippen LogP contribution is -2.23. The van der Waals surface area contributed by atoms with Crippen molar-refractivity contribution >= 4 is 27.3 Å². The van der Waals surface area contributed by atoms with E-state index in [4.69, 9.17) is 4.74 Å². The van der Waals surface area contributed by atoms with Gasteiger partial charge in [-0.1, -0.05) is 6.07 Å². The van der Waals surface area contributed by atoms with Crippen LogP contribution in [-0.4, -0.2) is 44.3 Å². The van der Waals surface area contributed by atoms with E-state index in [0.29, 0.717) is 0 Å². The summed E-state index contributed by atoms with van der Waals surface area (Å²) in [6.45, 7) is 2.00.